The Bertz CT molecular complexity index is 646. The number of rotatable bonds is 5. The number of hydrogen-bond acceptors (Lipinski definition) is 4. The number of carbonyl (C=O) groups excluding carboxylic acids is 1. The molecule has 1 aromatic rings. The van der Waals surface area contributed by atoms with Gasteiger partial charge in [0.1, 0.15) is 11.9 Å². The predicted molar refractivity (Wildman–Crippen MR) is 86.3 cm³/mol. The number of benzene rings is 1. The number of amides is 1. The van der Waals surface area contributed by atoms with Gasteiger partial charge in [-0.2, -0.15) is 5.26 Å². The summed E-state index contributed by atoms with van der Waals surface area (Å²) in [6, 6.07) is 6.57. The van der Waals surface area contributed by atoms with Crippen molar-refractivity contribution >= 4 is 5.91 Å². The van der Waals surface area contributed by atoms with Crippen molar-refractivity contribution < 1.29 is 14.3 Å². The lowest BCUT2D eigenvalue weighted by atomic mass is 9.90. The smallest absolute Gasteiger partial charge is 0.249 e. The number of nitrogens with zero attached hydrogens (tertiary/aromatic N) is 2. The molecule has 2 fully saturated rings. The lowest BCUT2D eigenvalue weighted by molar-refractivity contribution is -0.133. The normalized spacial score (nSPS) is 20.4. The van der Waals surface area contributed by atoms with E-state index in [1.165, 1.54) is 12.1 Å². The van der Waals surface area contributed by atoms with Gasteiger partial charge in [-0.05, 0) is 62.4 Å². The molecule has 1 unspecified atom stereocenters. The highest BCUT2D eigenvalue weighted by atomic mass is 19.1. The third kappa shape index (κ3) is 4.11. The minimum atomic E-state index is -0.937. The van der Waals surface area contributed by atoms with Crippen LogP contribution in [0, 0.1) is 23.1 Å². The number of halogens is 1. The third-order valence-corrected chi connectivity index (χ3v) is 4.86. The van der Waals surface area contributed by atoms with Crippen molar-refractivity contribution in [2.24, 2.45) is 5.92 Å². The highest BCUT2D eigenvalue weighted by Crippen LogP contribution is 2.25. The zero-order valence-electron chi connectivity index (χ0n) is 13.5. The van der Waals surface area contributed by atoms with Crippen molar-refractivity contribution in [1.29, 1.82) is 5.26 Å². The molecule has 24 heavy (non-hydrogen) atoms. The van der Waals surface area contributed by atoms with Crippen LogP contribution in [0.1, 0.15) is 36.8 Å². The van der Waals surface area contributed by atoms with E-state index in [0.717, 1.165) is 44.3 Å². The lowest BCUT2D eigenvalue weighted by Crippen LogP contribution is -2.45. The van der Waals surface area contributed by atoms with Gasteiger partial charge >= 0.3 is 0 Å². The lowest BCUT2D eigenvalue weighted by Gasteiger charge is -2.33. The molecule has 0 bridgehead atoms. The summed E-state index contributed by atoms with van der Waals surface area (Å²) >= 11 is 0. The van der Waals surface area contributed by atoms with E-state index in [-0.39, 0.29) is 17.9 Å². The highest BCUT2D eigenvalue weighted by Gasteiger charge is 2.33. The average molecular weight is 331 g/mol. The number of aliphatic hydroxyl groups is 1. The van der Waals surface area contributed by atoms with Crippen LogP contribution in [0.2, 0.25) is 0 Å². The molecule has 0 radical (unpaired) electrons. The van der Waals surface area contributed by atoms with Crippen molar-refractivity contribution in [3.05, 3.63) is 35.1 Å². The topological polar surface area (TPSA) is 76.4 Å². The number of likely N-dealkylation sites (tertiary alicyclic amines) is 1. The van der Waals surface area contributed by atoms with E-state index in [1.54, 1.807) is 6.07 Å². The van der Waals surface area contributed by atoms with Crippen LogP contribution in [0.4, 0.5) is 4.39 Å². The number of aliphatic hydroxyl groups excluding tert-OH is 1. The molecule has 5 nitrogen and oxygen atoms in total. The van der Waals surface area contributed by atoms with E-state index >= 15 is 0 Å². The summed E-state index contributed by atoms with van der Waals surface area (Å²) in [5, 5.41) is 22.2. The second kappa shape index (κ2) is 7.29. The molecule has 1 saturated heterocycles. The van der Waals surface area contributed by atoms with Gasteiger partial charge in [0, 0.05) is 12.6 Å². The number of hydrogen-bond donors (Lipinski definition) is 2. The van der Waals surface area contributed by atoms with E-state index in [2.05, 4.69) is 10.2 Å². The molecule has 2 aliphatic rings. The summed E-state index contributed by atoms with van der Waals surface area (Å²) in [4.78, 5) is 14.1. The average Bonchev–Trinajstić information content (AvgIpc) is 3.40. The Morgan fingerprint density at radius 1 is 1.38 bits per heavy atom. The molecule has 1 aromatic carbocycles. The Hall–Kier alpha value is -1.97. The number of piperidine rings is 1. The first-order valence-corrected chi connectivity index (χ1v) is 8.46. The van der Waals surface area contributed by atoms with Crippen LogP contribution >= 0.6 is 0 Å². The molecule has 2 N–H and O–H groups in total. The number of nitriles is 1. The summed E-state index contributed by atoms with van der Waals surface area (Å²) in [5.41, 5.74) is 1.17. The van der Waals surface area contributed by atoms with Gasteiger partial charge in [-0.15, -0.1) is 0 Å². The van der Waals surface area contributed by atoms with E-state index in [4.69, 9.17) is 5.26 Å². The fraction of sp³-hybridized carbons (Fsp3) is 0.556. The molecule has 1 saturated carbocycles. The molecule has 0 spiro atoms. The monoisotopic (exact) mass is 331 g/mol. The Labute approximate surface area is 141 Å². The van der Waals surface area contributed by atoms with E-state index in [1.807, 2.05) is 6.07 Å². The molecular weight excluding hydrogens is 309 g/mol. The van der Waals surface area contributed by atoms with Gasteiger partial charge in [-0.3, -0.25) is 9.69 Å². The summed E-state index contributed by atoms with van der Waals surface area (Å²) < 4.78 is 13.2. The molecule has 1 atom stereocenters. The van der Waals surface area contributed by atoms with Crippen molar-refractivity contribution in [2.45, 2.75) is 44.4 Å². The fourth-order valence-corrected chi connectivity index (χ4v) is 3.19. The van der Waals surface area contributed by atoms with Crippen molar-refractivity contribution in [2.75, 3.05) is 13.1 Å². The third-order valence-electron chi connectivity index (χ3n) is 4.86. The SMILES string of the molecule is N#Cc1cc(F)ccc1CN1CCC(C(O)C(=O)NC2CC2)CC1. The standard InChI is InChI=1S/C18H22FN3O2/c19-15-2-1-13(14(9-15)10-20)11-22-7-5-12(6-8-22)17(23)18(24)21-16-3-4-16/h1-2,9,12,16-17,23H,3-8,11H2,(H,21,24). The fourth-order valence-electron chi connectivity index (χ4n) is 3.19. The summed E-state index contributed by atoms with van der Waals surface area (Å²) in [5.74, 6) is -0.677. The van der Waals surface area contributed by atoms with Gasteiger partial charge in [0.15, 0.2) is 0 Å². The molecule has 3 rings (SSSR count). The molecule has 6 heteroatoms. The quantitative estimate of drug-likeness (QED) is 0.858. The van der Waals surface area contributed by atoms with Crippen LogP contribution in [0.5, 0.6) is 0 Å². The summed E-state index contributed by atoms with van der Waals surface area (Å²) in [6.45, 7) is 2.08. The van der Waals surface area contributed by atoms with Crippen LogP contribution in [-0.2, 0) is 11.3 Å². The molecule has 1 aliphatic heterocycles. The van der Waals surface area contributed by atoms with Gasteiger partial charge < -0.3 is 10.4 Å². The van der Waals surface area contributed by atoms with Crippen molar-refractivity contribution in [1.82, 2.24) is 10.2 Å². The van der Waals surface area contributed by atoms with Gasteiger partial charge in [-0.25, -0.2) is 4.39 Å². The molecule has 1 heterocycles. The Balaban J connectivity index is 1.51. The minimum Gasteiger partial charge on any atom is -0.383 e. The molecule has 1 amide bonds. The van der Waals surface area contributed by atoms with Crippen molar-refractivity contribution in [3.8, 4) is 6.07 Å². The van der Waals surface area contributed by atoms with Gasteiger partial charge in [0.05, 0.1) is 11.6 Å². The molecule has 1 aliphatic carbocycles. The molecule has 128 valence electrons. The van der Waals surface area contributed by atoms with Crippen LogP contribution in [0.3, 0.4) is 0 Å². The Kier molecular flexibility index (Phi) is 5.12. The Morgan fingerprint density at radius 2 is 2.08 bits per heavy atom. The van der Waals surface area contributed by atoms with Crippen LogP contribution < -0.4 is 5.32 Å². The van der Waals surface area contributed by atoms with Gasteiger partial charge in [-0.1, -0.05) is 6.07 Å². The first kappa shape index (κ1) is 16.9. The molecule has 0 aromatic heterocycles. The van der Waals surface area contributed by atoms with Crippen molar-refractivity contribution in [3.63, 3.8) is 0 Å². The van der Waals surface area contributed by atoms with E-state index in [9.17, 15) is 14.3 Å². The maximum atomic E-state index is 13.2. The van der Waals surface area contributed by atoms with Gasteiger partial charge in [0.2, 0.25) is 5.91 Å². The molecular formula is C18H22FN3O2. The maximum Gasteiger partial charge on any atom is 0.249 e. The van der Waals surface area contributed by atoms with Crippen LogP contribution in [-0.4, -0.2) is 41.1 Å². The number of nitrogens with one attached hydrogen (secondary N) is 1. The summed E-state index contributed by atoms with van der Waals surface area (Å²) in [7, 11) is 0. The highest BCUT2D eigenvalue weighted by molar-refractivity contribution is 5.81. The van der Waals surface area contributed by atoms with E-state index in [0.29, 0.717) is 12.1 Å². The van der Waals surface area contributed by atoms with Crippen LogP contribution in [0.25, 0.3) is 0 Å². The first-order chi connectivity index (χ1) is 11.6. The van der Waals surface area contributed by atoms with E-state index < -0.39 is 11.9 Å². The second-order valence-electron chi connectivity index (χ2n) is 6.75. The van der Waals surface area contributed by atoms with Gasteiger partial charge in [0.25, 0.3) is 0 Å². The number of carbonyl (C=O) groups is 1. The zero-order valence-corrected chi connectivity index (χ0v) is 13.5. The minimum absolute atomic E-state index is 0.0244. The second-order valence-corrected chi connectivity index (χ2v) is 6.75. The first-order valence-electron chi connectivity index (χ1n) is 8.46. The summed E-state index contributed by atoms with van der Waals surface area (Å²) in [6.07, 6.45) is 2.56. The van der Waals surface area contributed by atoms with Crippen LogP contribution in [0.15, 0.2) is 18.2 Å². The largest absolute Gasteiger partial charge is 0.383 e. The zero-order chi connectivity index (χ0) is 17.1. The predicted octanol–water partition coefficient (Wildman–Crippen LogP) is 1.55. The Morgan fingerprint density at radius 3 is 2.71 bits per heavy atom. The maximum absolute atomic E-state index is 13.2.